The molecule has 0 aliphatic heterocycles. The average Bonchev–Trinajstić information content (AvgIpc) is 3.16. The summed E-state index contributed by atoms with van der Waals surface area (Å²) in [5.74, 6) is -0.0856. The number of carbonyl (C=O) groups is 2. The molecule has 3 rings (SSSR count). The highest BCUT2D eigenvalue weighted by Gasteiger charge is 2.09. The molecular formula is C21H21N3O3S. The number of aryl methyl sites for hydroxylation is 1. The van der Waals surface area contributed by atoms with Crippen molar-refractivity contribution in [3.05, 3.63) is 70.7 Å². The summed E-state index contributed by atoms with van der Waals surface area (Å²) in [5, 5.41) is 8.30. The number of methoxy groups -OCH3 is 1. The van der Waals surface area contributed by atoms with Crippen LogP contribution in [0.15, 0.2) is 53.9 Å². The highest BCUT2D eigenvalue weighted by molar-refractivity contribution is 7.13. The predicted octanol–water partition coefficient (Wildman–Crippen LogP) is 4.16. The Morgan fingerprint density at radius 1 is 1.07 bits per heavy atom. The van der Waals surface area contributed by atoms with Crippen LogP contribution in [0.3, 0.4) is 0 Å². The van der Waals surface area contributed by atoms with Gasteiger partial charge in [0.15, 0.2) is 0 Å². The van der Waals surface area contributed by atoms with Gasteiger partial charge in [0.25, 0.3) is 0 Å². The normalized spacial score (nSPS) is 10.4. The summed E-state index contributed by atoms with van der Waals surface area (Å²) in [5.41, 5.74) is 4.59. The van der Waals surface area contributed by atoms with Crippen LogP contribution in [-0.4, -0.2) is 24.1 Å². The molecule has 2 amide bonds. The molecular weight excluding hydrogens is 374 g/mol. The molecule has 0 saturated heterocycles. The van der Waals surface area contributed by atoms with Crippen molar-refractivity contribution in [1.82, 2.24) is 10.3 Å². The summed E-state index contributed by atoms with van der Waals surface area (Å²) >= 11 is 1.54. The molecule has 0 fully saturated rings. The Kier molecular flexibility index (Phi) is 6.39. The molecule has 0 saturated carbocycles. The zero-order valence-corrected chi connectivity index (χ0v) is 16.5. The molecule has 0 aliphatic carbocycles. The SMILES string of the molecule is COC(=O)Nc1ccc(CNC(=O)Cc2csc(-c3ccc(C)cc3)n2)cc1. The standard InChI is InChI=1S/C21H21N3O3S/c1-14-3-7-16(8-4-14)20-23-18(13-28-20)11-19(25)22-12-15-5-9-17(10-6-15)24-21(26)27-2/h3-10,13H,11-12H2,1-2H3,(H,22,25)(H,24,26). The summed E-state index contributed by atoms with van der Waals surface area (Å²) in [6.07, 6.45) is -0.279. The van der Waals surface area contributed by atoms with Crippen molar-refractivity contribution in [3.63, 3.8) is 0 Å². The number of aromatic nitrogens is 1. The number of benzene rings is 2. The maximum atomic E-state index is 12.2. The summed E-state index contributed by atoms with van der Waals surface area (Å²) in [7, 11) is 1.31. The first-order chi connectivity index (χ1) is 13.5. The highest BCUT2D eigenvalue weighted by atomic mass is 32.1. The van der Waals surface area contributed by atoms with Gasteiger partial charge in [0, 0.05) is 23.2 Å². The zero-order chi connectivity index (χ0) is 19.9. The Labute approximate surface area is 167 Å². The minimum atomic E-state index is -0.519. The molecule has 0 aliphatic rings. The minimum absolute atomic E-state index is 0.0856. The lowest BCUT2D eigenvalue weighted by Gasteiger charge is -2.07. The van der Waals surface area contributed by atoms with Gasteiger partial charge in [-0.1, -0.05) is 42.0 Å². The fourth-order valence-corrected chi connectivity index (χ4v) is 3.35. The van der Waals surface area contributed by atoms with E-state index >= 15 is 0 Å². The van der Waals surface area contributed by atoms with Crippen molar-refractivity contribution in [2.24, 2.45) is 0 Å². The predicted molar refractivity (Wildman–Crippen MR) is 110 cm³/mol. The molecule has 3 aromatic rings. The molecule has 0 bridgehead atoms. The summed E-state index contributed by atoms with van der Waals surface area (Å²) in [6.45, 7) is 2.46. The fraction of sp³-hybridized carbons (Fsp3) is 0.190. The average molecular weight is 395 g/mol. The fourth-order valence-electron chi connectivity index (χ4n) is 2.52. The Balaban J connectivity index is 1.50. The van der Waals surface area contributed by atoms with E-state index in [4.69, 9.17) is 0 Å². The Morgan fingerprint density at radius 2 is 1.79 bits per heavy atom. The Bertz CT molecular complexity index is 950. The number of amides is 2. The van der Waals surface area contributed by atoms with Crippen molar-refractivity contribution in [2.75, 3.05) is 12.4 Å². The zero-order valence-electron chi connectivity index (χ0n) is 15.7. The van der Waals surface area contributed by atoms with Gasteiger partial charge in [-0.15, -0.1) is 11.3 Å². The van der Waals surface area contributed by atoms with Gasteiger partial charge in [-0.05, 0) is 24.6 Å². The van der Waals surface area contributed by atoms with E-state index in [1.807, 2.05) is 36.6 Å². The second-order valence-electron chi connectivity index (χ2n) is 6.28. The molecule has 28 heavy (non-hydrogen) atoms. The first kappa shape index (κ1) is 19.6. The van der Waals surface area contributed by atoms with Gasteiger partial charge in [0.05, 0.1) is 19.2 Å². The molecule has 0 radical (unpaired) electrons. The highest BCUT2D eigenvalue weighted by Crippen LogP contribution is 2.24. The number of nitrogens with one attached hydrogen (secondary N) is 2. The van der Waals surface area contributed by atoms with Crippen LogP contribution in [0.4, 0.5) is 10.5 Å². The number of thiazole rings is 1. The molecule has 2 aromatic carbocycles. The van der Waals surface area contributed by atoms with E-state index in [1.54, 1.807) is 12.1 Å². The van der Waals surface area contributed by atoms with Crippen molar-refractivity contribution >= 4 is 29.0 Å². The van der Waals surface area contributed by atoms with E-state index in [-0.39, 0.29) is 12.3 Å². The van der Waals surface area contributed by atoms with E-state index in [0.29, 0.717) is 12.2 Å². The maximum Gasteiger partial charge on any atom is 0.411 e. The number of carbonyl (C=O) groups excluding carboxylic acids is 2. The topological polar surface area (TPSA) is 80.3 Å². The molecule has 6 nitrogen and oxygen atoms in total. The van der Waals surface area contributed by atoms with E-state index in [2.05, 4.69) is 32.5 Å². The molecule has 7 heteroatoms. The summed E-state index contributed by atoms with van der Waals surface area (Å²) < 4.78 is 4.54. The van der Waals surface area contributed by atoms with Crippen molar-refractivity contribution < 1.29 is 14.3 Å². The maximum absolute atomic E-state index is 12.2. The van der Waals surface area contributed by atoms with Crippen LogP contribution in [0.5, 0.6) is 0 Å². The van der Waals surface area contributed by atoms with E-state index in [0.717, 1.165) is 21.8 Å². The molecule has 0 atom stereocenters. The first-order valence-electron chi connectivity index (χ1n) is 8.75. The Morgan fingerprint density at radius 3 is 2.46 bits per heavy atom. The van der Waals surface area contributed by atoms with Gasteiger partial charge < -0.3 is 10.1 Å². The van der Waals surface area contributed by atoms with Crippen LogP contribution in [0.2, 0.25) is 0 Å². The van der Waals surface area contributed by atoms with Crippen LogP contribution >= 0.6 is 11.3 Å². The van der Waals surface area contributed by atoms with Crippen LogP contribution < -0.4 is 10.6 Å². The molecule has 2 N–H and O–H groups in total. The first-order valence-corrected chi connectivity index (χ1v) is 9.63. The number of anilines is 1. The Hall–Kier alpha value is -3.19. The number of hydrogen-bond donors (Lipinski definition) is 2. The number of ether oxygens (including phenoxy) is 1. The minimum Gasteiger partial charge on any atom is -0.453 e. The van der Waals surface area contributed by atoms with Crippen LogP contribution in [0, 0.1) is 6.92 Å². The number of hydrogen-bond acceptors (Lipinski definition) is 5. The molecule has 144 valence electrons. The van der Waals surface area contributed by atoms with Gasteiger partial charge in [-0.2, -0.15) is 0 Å². The van der Waals surface area contributed by atoms with E-state index in [1.165, 1.54) is 24.0 Å². The molecule has 1 heterocycles. The molecule has 1 aromatic heterocycles. The van der Waals surface area contributed by atoms with Crippen LogP contribution in [0.1, 0.15) is 16.8 Å². The molecule has 0 spiro atoms. The lowest BCUT2D eigenvalue weighted by Crippen LogP contribution is -2.24. The van der Waals surface area contributed by atoms with Gasteiger partial charge in [-0.3, -0.25) is 10.1 Å². The van der Waals surface area contributed by atoms with Crippen LogP contribution in [-0.2, 0) is 22.5 Å². The monoisotopic (exact) mass is 395 g/mol. The molecule has 0 unspecified atom stereocenters. The van der Waals surface area contributed by atoms with Crippen molar-refractivity contribution in [1.29, 1.82) is 0 Å². The second kappa shape index (κ2) is 9.14. The van der Waals surface area contributed by atoms with Gasteiger partial charge in [-0.25, -0.2) is 9.78 Å². The van der Waals surface area contributed by atoms with Gasteiger partial charge in [0.1, 0.15) is 5.01 Å². The lowest BCUT2D eigenvalue weighted by atomic mass is 10.2. The van der Waals surface area contributed by atoms with Crippen LogP contribution in [0.25, 0.3) is 10.6 Å². The van der Waals surface area contributed by atoms with Gasteiger partial charge >= 0.3 is 6.09 Å². The van der Waals surface area contributed by atoms with Crippen molar-refractivity contribution in [3.8, 4) is 10.6 Å². The second-order valence-corrected chi connectivity index (χ2v) is 7.14. The largest absolute Gasteiger partial charge is 0.453 e. The van der Waals surface area contributed by atoms with Gasteiger partial charge in [0.2, 0.25) is 5.91 Å². The number of nitrogens with zero attached hydrogens (tertiary/aromatic N) is 1. The third-order valence-corrected chi connectivity index (χ3v) is 5.01. The van der Waals surface area contributed by atoms with E-state index in [9.17, 15) is 9.59 Å². The van der Waals surface area contributed by atoms with E-state index < -0.39 is 6.09 Å². The summed E-state index contributed by atoms with van der Waals surface area (Å²) in [4.78, 5) is 27.9. The smallest absolute Gasteiger partial charge is 0.411 e. The third-order valence-electron chi connectivity index (χ3n) is 4.07. The number of rotatable bonds is 6. The van der Waals surface area contributed by atoms with Crippen molar-refractivity contribution in [2.45, 2.75) is 19.9 Å². The third kappa shape index (κ3) is 5.40. The summed E-state index contributed by atoms with van der Waals surface area (Å²) in [6, 6.07) is 15.4. The quantitative estimate of drug-likeness (QED) is 0.657. The lowest BCUT2D eigenvalue weighted by molar-refractivity contribution is -0.120.